The van der Waals surface area contributed by atoms with Crippen LogP contribution in [0.2, 0.25) is 0 Å². The van der Waals surface area contributed by atoms with Gasteiger partial charge in [-0.3, -0.25) is 14.4 Å². The van der Waals surface area contributed by atoms with E-state index in [1.807, 2.05) is 0 Å². The first-order valence-electron chi connectivity index (χ1n) is 28.7. The largest absolute Gasteiger partial charge is 0.462 e. The first-order chi connectivity index (χ1) is 31.2. The molecule has 0 N–H and O–H groups in total. The van der Waals surface area contributed by atoms with Crippen molar-refractivity contribution in [3.05, 3.63) is 0 Å². The van der Waals surface area contributed by atoms with E-state index in [1.54, 1.807) is 0 Å². The number of esters is 3. The first-order valence-corrected chi connectivity index (χ1v) is 28.7. The fourth-order valence-electron chi connectivity index (χ4n) is 8.87. The topological polar surface area (TPSA) is 78.9 Å². The maximum Gasteiger partial charge on any atom is 0.306 e. The SMILES string of the molecule is CCCCCCCCCCCCCCCCCCCC(=O)OC[C@H](COC(=O)CCCCCCCCCCCCC(C)C)OC(=O)CCCCCCCCCCCCCCCC(C)C. The normalized spacial score (nSPS) is 12.0. The molecule has 0 aliphatic heterocycles. The van der Waals surface area contributed by atoms with Crippen molar-refractivity contribution in [2.45, 2.75) is 330 Å². The van der Waals surface area contributed by atoms with Crippen LogP contribution in [-0.4, -0.2) is 37.2 Å². The second kappa shape index (κ2) is 50.8. The van der Waals surface area contributed by atoms with Crippen molar-refractivity contribution in [2.75, 3.05) is 13.2 Å². The minimum absolute atomic E-state index is 0.0628. The third kappa shape index (κ3) is 51.4. The van der Waals surface area contributed by atoms with E-state index in [1.165, 1.54) is 212 Å². The highest BCUT2D eigenvalue weighted by Gasteiger charge is 2.19. The van der Waals surface area contributed by atoms with Crippen molar-refractivity contribution in [2.24, 2.45) is 11.8 Å². The Morgan fingerprint density at radius 1 is 0.297 bits per heavy atom. The van der Waals surface area contributed by atoms with Crippen molar-refractivity contribution in [1.29, 1.82) is 0 Å². The first kappa shape index (κ1) is 62.4. The second-order valence-electron chi connectivity index (χ2n) is 20.9. The molecule has 0 spiro atoms. The van der Waals surface area contributed by atoms with E-state index < -0.39 is 6.10 Å². The van der Waals surface area contributed by atoms with Crippen molar-refractivity contribution in [3.8, 4) is 0 Å². The Bertz CT molecular complexity index is 978. The van der Waals surface area contributed by atoms with E-state index in [2.05, 4.69) is 34.6 Å². The molecular weight excluding hydrogens is 793 g/mol. The molecule has 0 saturated heterocycles. The molecular formula is C58H112O6. The lowest BCUT2D eigenvalue weighted by atomic mass is 10.0. The van der Waals surface area contributed by atoms with Crippen LogP contribution in [0.25, 0.3) is 0 Å². The molecule has 0 aliphatic rings. The van der Waals surface area contributed by atoms with Gasteiger partial charge in [0, 0.05) is 19.3 Å². The molecule has 6 nitrogen and oxygen atoms in total. The summed E-state index contributed by atoms with van der Waals surface area (Å²) in [5, 5.41) is 0. The molecule has 6 heteroatoms. The van der Waals surface area contributed by atoms with Gasteiger partial charge in [-0.15, -0.1) is 0 Å². The lowest BCUT2D eigenvalue weighted by Crippen LogP contribution is -2.30. The third-order valence-electron chi connectivity index (χ3n) is 13.2. The van der Waals surface area contributed by atoms with Gasteiger partial charge in [0.1, 0.15) is 13.2 Å². The molecule has 0 fully saturated rings. The Morgan fingerprint density at radius 2 is 0.516 bits per heavy atom. The van der Waals surface area contributed by atoms with Crippen molar-refractivity contribution >= 4 is 17.9 Å². The number of hydrogen-bond donors (Lipinski definition) is 0. The minimum atomic E-state index is -0.763. The van der Waals surface area contributed by atoms with E-state index in [-0.39, 0.29) is 31.1 Å². The number of carbonyl (C=O) groups excluding carboxylic acids is 3. The summed E-state index contributed by atoms with van der Waals surface area (Å²) in [5.74, 6) is 0.816. The Hall–Kier alpha value is -1.59. The van der Waals surface area contributed by atoms with Crippen LogP contribution in [0.5, 0.6) is 0 Å². The molecule has 0 bridgehead atoms. The van der Waals surface area contributed by atoms with Crippen LogP contribution in [0.15, 0.2) is 0 Å². The van der Waals surface area contributed by atoms with E-state index in [9.17, 15) is 14.4 Å². The van der Waals surface area contributed by atoms with Crippen LogP contribution < -0.4 is 0 Å². The van der Waals surface area contributed by atoms with Gasteiger partial charge in [-0.25, -0.2) is 0 Å². The van der Waals surface area contributed by atoms with Gasteiger partial charge in [-0.05, 0) is 31.1 Å². The molecule has 0 aromatic heterocycles. The number of carbonyl (C=O) groups is 3. The van der Waals surface area contributed by atoms with E-state index in [0.29, 0.717) is 19.3 Å². The highest BCUT2D eigenvalue weighted by molar-refractivity contribution is 5.71. The predicted molar refractivity (Wildman–Crippen MR) is 275 cm³/mol. The minimum Gasteiger partial charge on any atom is -0.462 e. The summed E-state index contributed by atoms with van der Waals surface area (Å²) in [7, 11) is 0. The molecule has 380 valence electrons. The van der Waals surface area contributed by atoms with E-state index >= 15 is 0 Å². The van der Waals surface area contributed by atoms with Crippen LogP contribution in [-0.2, 0) is 28.6 Å². The molecule has 0 saturated carbocycles. The molecule has 1 atom stereocenters. The van der Waals surface area contributed by atoms with Gasteiger partial charge in [-0.2, -0.15) is 0 Å². The summed E-state index contributed by atoms with van der Waals surface area (Å²) in [6.45, 7) is 11.4. The highest BCUT2D eigenvalue weighted by atomic mass is 16.6. The van der Waals surface area contributed by atoms with Gasteiger partial charge in [0.15, 0.2) is 6.10 Å². The molecule has 0 rings (SSSR count). The Balaban J connectivity index is 4.29. The predicted octanol–water partition coefficient (Wildman–Crippen LogP) is 18.9. The lowest BCUT2D eigenvalue weighted by molar-refractivity contribution is -0.167. The molecule has 0 radical (unpaired) electrons. The van der Waals surface area contributed by atoms with Gasteiger partial charge in [0.25, 0.3) is 0 Å². The summed E-state index contributed by atoms with van der Waals surface area (Å²) < 4.78 is 16.9. The van der Waals surface area contributed by atoms with Gasteiger partial charge in [0.05, 0.1) is 0 Å². The molecule has 0 unspecified atom stereocenters. The zero-order valence-corrected chi connectivity index (χ0v) is 43.9. The smallest absolute Gasteiger partial charge is 0.306 e. The lowest BCUT2D eigenvalue weighted by Gasteiger charge is -2.18. The van der Waals surface area contributed by atoms with Crippen molar-refractivity contribution in [3.63, 3.8) is 0 Å². The number of rotatable bonds is 52. The van der Waals surface area contributed by atoms with Crippen LogP contribution in [0.4, 0.5) is 0 Å². The zero-order valence-electron chi connectivity index (χ0n) is 43.9. The van der Waals surface area contributed by atoms with Crippen LogP contribution in [0, 0.1) is 11.8 Å². The standard InChI is InChI=1S/C58H112O6/c1-6-7-8-9-10-11-12-13-14-15-16-19-22-28-33-38-43-48-56(59)62-51-55(52-63-57(60)49-44-39-34-29-25-24-27-32-37-42-47-54(4)5)64-58(61)50-45-40-35-30-23-20-17-18-21-26-31-36-41-46-53(2)3/h53-55H,6-52H2,1-5H3/t55-/m1/s1. The Kier molecular flexibility index (Phi) is 49.6. The summed E-state index contributed by atoms with van der Waals surface area (Å²) in [4.78, 5) is 38.1. The van der Waals surface area contributed by atoms with Crippen molar-refractivity contribution < 1.29 is 28.6 Å². The molecule has 0 aromatic rings. The quantitative estimate of drug-likeness (QED) is 0.0344. The number of unbranched alkanes of at least 4 members (excludes halogenated alkanes) is 37. The van der Waals surface area contributed by atoms with Gasteiger partial charge >= 0.3 is 17.9 Å². The summed E-state index contributed by atoms with van der Waals surface area (Å²) in [5.41, 5.74) is 0. The number of ether oxygens (including phenoxy) is 3. The summed E-state index contributed by atoms with van der Waals surface area (Å²) >= 11 is 0. The third-order valence-corrected chi connectivity index (χ3v) is 13.2. The maximum atomic E-state index is 12.8. The highest BCUT2D eigenvalue weighted by Crippen LogP contribution is 2.18. The summed E-state index contributed by atoms with van der Waals surface area (Å²) in [6.07, 6.45) is 53.8. The average molecular weight is 906 g/mol. The number of hydrogen-bond acceptors (Lipinski definition) is 6. The fourth-order valence-corrected chi connectivity index (χ4v) is 8.87. The Labute approximate surface area is 399 Å². The zero-order chi connectivity index (χ0) is 46.8. The van der Waals surface area contributed by atoms with Gasteiger partial charge in [-0.1, -0.05) is 285 Å². The van der Waals surface area contributed by atoms with Crippen molar-refractivity contribution in [1.82, 2.24) is 0 Å². The molecule has 0 amide bonds. The summed E-state index contributed by atoms with van der Waals surface area (Å²) in [6, 6.07) is 0. The Morgan fingerprint density at radius 3 is 0.766 bits per heavy atom. The molecule has 0 aromatic carbocycles. The molecule has 0 heterocycles. The van der Waals surface area contributed by atoms with Crippen LogP contribution in [0.3, 0.4) is 0 Å². The molecule has 64 heavy (non-hydrogen) atoms. The fraction of sp³-hybridized carbons (Fsp3) is 0.948. The maximum absolute atomic E-state index is 12.8. The van der Waals surface area contributed by atoms with Gasteiger partial charge < -0.3 is 14.2 Å². The molecule has 0 aliphatic carbocycles. The van der Waals surface area contributed by atoms with Crippen LogP contribution >= 0.6 is 0 Å². The van der Waals surface area contributed by atoms with Crippen LogP contribution in [0.1, 0.15) is 324 Å². The van der Waals surface area contributed by atoms with E-state index in [4.69, 9.17) is 14.2 Å². The second-order valence-corrected chi connectivity index (χ2v) is 20.9. The average Bonchev–Trinajstić information content (AvgIpc) is 3.27. The van der Waals surface area contributed by atoms with E-state index in [0.717, 1.165) is 69.6 Å². The monoisotopic (exact) mass is 905 g/mol. The van der Waals surface area contributed by atoms with Gasteiger partial charge in [0.2, 0.25) is 0 Å².